The molecule has 0 aliphatic rings. The molecular weight excluding hydrogens is 347 g/mol. The Bertz CT molecular complexity index is 755. The molecular formula is C19H18F3NO3. The number of methoxy groups -OCH3 is 1. The van der Waals surface area contributed by atoms with E-state index < -0.39 is 17.6 Å². The number of benzene rings is 2. The molecule has 26 heavy (non-hydrogen) atoms. The number of hydrogen-bond donors (Lipinski definition) is 1. The van der Waals surface area contributed by atoms with Crippen molar-refractivity contribution >= 4 is 12.0 Å². The van der Waals surface area contributed by atoms with E-state index in [9.17, 15) is 18.0 Å². The summed E-state index contributed by atoms with van der Waals surface area (Å²) in [6.07, 6.45) is -1.49. The van der Waals surface area contributed by atoms with Gasteiger partial charge >= 0.3 is 6.18 Å². The van der Waals surface area contributed by atoms with Gasteiger partial charge in [0.05, 0.1) is 5.56 Å². The number of halogens is 3. The van der Waals surface area contributed by atoms with Crippen LogP contribution in [0.2, 0.25) is 0 Å². The summed E-state index contributed by atoms with van der Waals surface area (Å²) < 4.78 is 48.0. The molecule has 0 aliphatic carbocycles. The molecule has 0 atom stereocenters. The Morgan fingerprint density at radius 2 is 1.88 bits per heavy atom. The molecule has 2 aromatic carbocycles. The molecule has 0 heterocycles. The highest BCUT2D eigenvalue weighted by Gasteiger charge is 2.30. The number of carbonyl (C=O) groups excluding carboxylic acids is 1. The number of rotatable bonds is 7. The lowest BCUT2D eigenvalue weighted by Gasteiger charge is -2.09. The van der Waals surface area contributed by atoms with Crippen LogP contribution in [-0.2, 0) is 22.3 Å². The maximum atomic E-state index is 12.7. The van der Waals surface area contributed by atoms with E-state index in [1.54, 1.807) is 30.3 Å². The number of alkyl halides is 3. The van der Waals surface area contributed by atoms with Gasteiger partial charge in [-0.1, -0.05) is 24.3 Å². The molecule has 1 N–H and O–H groups in total. The van der Waals surface area contributed by atoms with Crippen LogP contribution >= 0.6 is 0 Å². The summed E-state index contributed by atoms with van der Waals surface area (Å²) in [5.74, 6) is 0.236. The molecule has 1 amide bonds. The Balaban J connectivity index is 1.87. The van der Waals surface area contributed by atoms with Gasteiger partial charge in [-0.05, 0) is 41.5 Å². The van der Waals surface area contributed by atoms with Crippen molar-refractivity contribution < 1.29 is 27.4 Å². The minimum Gasteiger partial charge on any atom is -0.468 e. The molecule has 0 unspecified atom stereocenters. The summed E-state index contributed by atoms with van der Waals surface area (Å²) in [6, 6.07) is 11.8. The average Bonchev–Trinajstić information content (AvgIpc) is 2.63. The monoisotopic (exact) mass is 365 g/mol. The highest BCUT2D eigenvalue weighted by Crippen LogP contribution is 2.29. The van der Waals surface area contributed by atoms with Gasteiger partial charge in [-0.3, -0.25) is 4.79 Å². The summed E-state index contributed by atoms with van der Waals surface area (Å²) in [5.41, 5.74) is 0.417. The first-order valence-electron chi connectivity index (χ1n) is 7.72. The van der Waals surface area contributed by atoms with Gasteiger partial charge in [-0.2, -0.15) is 13.2 Å². The first kappa shape index (κ1) is 19.5. The van der Waals surface area contributed by atoms with E-state index in [0.717, 1.165) is 17.7 Å². The smallest absolute Gasteiger partial charge is 0.416 e. The lowest BCUT2D eigenvalue weighted by atomic mass is 10.1. The lowest BCUT2D eigenvalue weighted by Crippen LogP contribution is -2.20. The van der Waals surface area contributed by atoms with E-state index in [-0.39, 0.29) is 13.3 Å². The molecule has 138 valence electrons. The molecule has 0 spiro atoms. The number of ether oxygens (including phenoxy) is 2. The summed E-state index contributed by atoms with van der Waals surface area (Å²) in [4.78, 5) is 11.8. The normalized spacial score (nSPS) is 11.5. The van der Waals surface area contributed by atoms with Gasteiger partial charge in [0, 0.05) is 19.7 Å². The highest BCUT2D eigenvalue weighted by atomic mass is 19.4. The van der Waals surface area contributed by atoms with Crippen LogP contribution in [0.25, 0.3) is 6.08 Å². The van der Waals surface area contributed by atoms with Gasteiger partial charge in [0.2, 0.25) is 5.91 Å². The minimum absolute atomic E-state index is 0.0108. The predicted octanol–water partition coefficient (Wildman–Crippen LogP) is 4.02. The molecule has 4 nitrogen and oxygen atoms in total. The maximum absolute atomic E-state index is 12.7. The molecule has 0 fully saturated rings. The van der Waals surface area contributed by atoms with Gasteiger partial charge in [-0.15, -0.1) is 0 Å². The molecule has 0 radical (unpaired) electrons. The lowest BCUT2D eigenvalue weighted by molar-refractivity contribution is -0.137. The second-order valence-electron chi connectivity index (χ2n) is 5.37. The Morgan fingerprint density at radius 1 is 1.15 bits per heavy atom. The summed E-state index contributed by atoms with van der Waals surface area (Å²) in [5, 5.41) is 2.55. The molecule has 2 rings (SSSR count). The van der Waals surface area contributed by atoms with Crippen LogP contribution in [-0.4, -0.2) is 19.8 Å². The van der Waals surface area contributed by atoms with Crippen molar-refractivity contribution in [2.75, 3.05) is 13.9 Å². The molecule has 7 heteroatoms. The second kappa shape index (κ2) is 9.05. The Labute approximate surface area is 149 Å². The van der Waals surface area contributed by atoms with Crippen molar-refractivity contribution in [3.8, 4) is 5.75 Å². The van der Waals surface area contributed by atoms with Gasteiger partial charge in [0.25, 0.3) is 0 Å². The van der Waals surface area contributed by atoms with E-state index in [0.29, 0.717) is 11.3 Å². The van der Waals surface area contributed by atoms with Crippen molar-refractivity contribution in [3.05, 3.63) is 71.3 Å². The minimum atomic E-state index is -4.40. The van der Waals surface area contributed by atoms with E-state index in [1.807, 2.05) is 0 Å². The standard InChI is InChI=1S/C19H18F3NO3/c1-25-13-26-17-8-5-14(6-9-17)7-10-18(24)23-12-15-3-2-4-16(11-15)19(20,21)22/h2-11H,12-13H2,1H3,(H,23,24)/b10-7+. The van der Waals surface area contributed by atoms with E-state index in [2.05, 4.69) is 5.32 Å². The summed E-state index contributed by atoms with van der Waals surface area (Å²) in [7, 11) is 1.52. The van der Waals surface area contributed by atoms with Gasteiger partial charge in [-0.25, -0.2) is 0 Å². The Kier molecular flexibility index (Phi) is 6.80. The fraction of sp³-hybridized carbons (Fsp3) is 0.211. The van der Waals surface area contributed by atoms with Crippen LogP contribution in [0.1, 0.15) is 16.7 Å². The van der Waals surface area contributed by atoms with Crippen molar-refractivity contribution in [2.45, 2.75) is 12.7 Å². The number of hydrogen-bond acceptors (Lipinski definition) is 3. The Morgan fingerprint density at radius 3 is 2.54 bits per heavy atom. The van der Waals surface area contributed by atoms with E-state index >= 15 is 0 Å². The topological polar surface area (TPSA) is 47.6 Å². The van der Waals surface area contributed by atoms with Crippen LogP contribution in [0.15, 0.2) is 54.6 Å². The number of amides is 1. The van der Waals surface area contributed by atoms with Crippen molar-refractivity contribution in [3.63, 3.8) is 0 Å². The van der Waals surface area contributed by atoms with Crippen LogP contribution in [0.4, 0.5) is 13.2 Å². The van der Waals surface area contributed by atoms with Crippen LogP contribution < -0.4 is 10.1 Å². The summed E-state index contributed by atoms with van der Waals surface area (Å²) >= 11 is 0. The molecule has 0 aliphatic heterocycles. The van der Waals surface area contributed by atoms with Crippen LogP contribution in [0.5, 0.6) is 5.75 Å². The highest BCUT2D eigenvalue weighted by molar-refractivity contribution is 5.91. The third-order valence-electron chi connectivity index (χ3n) is 3.37. The molecule has 2 aromatic rings. The first-order chi connectivity index (χ1) is 12.4. The van der Waals surface area contributed by atoms with Crippen LogP contribution in [0.3, 0.4) is 0 Å². The van der Waals surface area contributed by atoms with Crippen molar-refractivity contribution in [2.24, 2.45) is 0 Å². The largest absolute Gasteiger partial charge is 0.468 e. The molecule has 0 bridgehead atoms. The summed E-state index contributed by atoms with van der Waals surface area (Å²) in [6.45, 7) is 0.157. The van der Waals surface area contributed by atoms with Crippen LogP contribution in [0, 0.1) is 0 Å². The average molecular weight is 365 g/mol. The van der Waals surface area contributed by atoms with Gasteiger partial charge in [0.1, 0.15) is 5.75 Å². The third kappa shape index (κ3) is 6.25. The zero-order chi connectivity index (χ0) is 19.0. The van der Waals surface area contributed by atoms with Gasteiger partial charge < -0.3 is 14.8 Å². The van der Waals surface area contributed by atoms with E-state index in [1.165, 1.54) is 25.3 Å². The maximum Gasteiger partial charge on any atom is 0.416 e. The SMILES string of the molecule is COCOc1ccc(/C=C/C(=O)NCc2cccc(C(F)(F)F)c2)cc1. The molecule has 0 saturated carbocycles. The van der Waals surface area contributed by atoms with Crippen molar-refractivity contribution in [1.29, 1.82) is 0 Å². The Hall–Kier alpha value is -2.80. The molecule has 0 saturated heterocycles. The van der Waals surface area contributed by atoms with E-state index in [4.69, 9.17) is 9.47 Å². The third-order valence-corrected chi connectivity index (χ3v) is 3.37. The quantitative estimate of drug-likeness (QED) is 0.596. The zero-order valence-electron chi connectivity index (χ0n) is 14.0. The fourth-order valence-electron chi connectivity index (χ4n) is 2.08. The zero-order valence-corrected chi connectivity index (χ0v) is 14.0. The number of nitrogens with one attached hydrogen (secondary N) is 1. The van der Waals surface area contributed by atoms with Crippen molar-refractivity contribution in [1.82, 2.24) is 5.32 Å². The fourth-order valence-corrected chi connectivity index (χ4v) is 2.08. The molecule has 0 aromatic heterocycles. The van der Waals surface area contributed by atoms with Gasteiger partial charge in [0.15, 0.2) is 6.79 Å². The number of carbonyl (C=O) groups is 1. The second-order valence-corrected chi connectivity index (χ2v) is 5.37. The predicted molar refractivity (Wildman–Crippen MR) is 91.3 cm³/mol. The first-order valence-corrected chi connectivity index (χ1v) is 7.72.